The summed E-state index contributed by atoms with van der Waals surface area (Å²) in [6.07, 6.45) is -2.75. The highest BCUT2D eigenvalue weighted by atomic mass is 16.6. The normalized spacial score (nSPS) is 14.4. The molecule has 2 aliphatic rings. The number of guanidine groups is 1. The highest BCUT2D eigenvalue weighted by Gasteiger charge is 2.36. The molecule has 3 aromatic rings. The molecule has 12 nitrogen and oxygen atoms in total. The second kappa shape index (κ2) is 13.3. The van der Waals surface area contributed by atoms with Crippen molar-refractivity contribution in [2.24, 2.45) is 4.99 Å². The number of aliphatic imine (C=N–C) groups is 1. The summed E-state index contributed by atoms with van der Waals surface area (Å²) in [6, 6.07) is 21.4. The van der Waals surface area contributed by atoms with Crippen LogP contribution in [0.4, 0.5) is 20.1 Å². The lowest BCUT2D eigenvalue weighted by Crippen LogP contribution is -2.49. The third kappa shape index (κ3) is 6.96. The van der Waals surface area contributed by atoms with Crippen molar-refractivity contribution >= 4 is 35.9 Å². The molecule has 5 rings (SSSR count). The number of rotatable bonds is 7. The molecule has 0 unspecified atom stereocenters. The van der Waals surface area contributed by atoms with Gasteiger partial charge in [0.15, 0.2) is 0 Å². The summed E-state index contributed by atoms with van der Waals surface area (Å²) in [6.45, 7) is 5.49. The predicted molar refractivity (Wildman–Crippen MR) is 170 cm³/mol. The van der Waals surface area contributed by atoms with Crippen molar-refractivity contribution in [1.82, 2.24) is 10.2 Å². The number of carbonyl (C=O) groups excluding carboxylic acids is 3. The van der Waals surface area contributed by atoms with Gasteiger partial charge >= 0.3 is 24.2 Å². The zero-order valence-corrected chi connectivity index (χ0v) is 26.1. The summed E-state index contributed by atoms with van der Waals surface area (Å²) in [5, 5.41) is 12.3. The van der Waals surface area contributed by atoms with E-state index in [2.05, 4.69) is 10.3 Å². The quantitative estimate of drug-likeness (QED) is 0.261. The Morgan fingerprint density at radius 3 is 2.15 bits per heavy atom. The molecule has 1 atom stereocenters. The van der Waals surface area contributed by atoms with Gasteiger partial charge in [-0.25, -0.2) is 34.0 Å². The molecular weight excluding hydrogens is 592 g/mol. The molecule has 0 spiro atoms. The lowest BCUT2D eigenvalue weighted by Gasteiger charge is -2.29. The van der Waals surface area contributed by atoms with Gasteiger partial charge in [-0.2, -0.15) is 0 Å². The number of benzene rings is 3. The molecule has 3 aromatic carbocycles. The first kappa shape index (κ1) is 32.0. The van der Waals surface area contributed by atoms with Crippen LogP contribution in [-0.2, 0) is 25.4 Å². The fourth-order valence-corrected chi connectivity index (χ4v) is 5.55. The molecule has 0 fully saturated rings. The van der Waals surface area contributed by atoms with Crippen molar-refractivity contribution in [3.05, 3.63) is 89.5 Å². The van der Waals surface area contributed by atoms with E-state index in [0.29, 0.717) is 11.3 Å². The zero-order valence-electron chi connectivity index (χ0n) is 26.1. The molecule has 0 radical (unpaired) electrons. The molecule has 0 saturated carbocycles. The number of carbonyl (C=O) groups is 4. The molecule has 1 aliphatic carbocycles. The molecule has 240 valence electrons. The van der Waals surface area contributed by atoms with E-state index >= 15 is 0 Å². The van der Waals surface area contributed by atoms with Crippen molar-refractivity contribution in [2.45, 2.75) is 44.8 Å². The van der Waals surface area contributed by atoms with Crippen LogP contribution in [0.3, 0.4) is 0 Å². The van der Waals surface area contributed by atoms with Crippen molar-refractivity contribution in [2.75, 3.05) is 31.7 Å². The number of esters is 1. The molecule has 1 aliphatic heterocycles. The van der Waals surface area contributed by atoms with Gasteiger partial charge in [-0.3, -0.25) is 0 Å². The van der Waals surface area contributed by atoms with E-state index in [4.69, 9.17) is 14.2 Å². The second-order valence-corrected chi connectivity index (χ2v) is 11.8. The maximum atomic E-state index is 13.2. The van der Waals surface area contributed by atoms with Crippen LogP contribution in [0.5, 0.6) is 0 Å². The summed E-state index contributed by atoms with van der Waals surface area (Å²) in [5.41, 5.74) is 4.43. The number of fused-ring (bicyclic) bond motifs is 3. The van der Waals surface area contributed by atoms with Crippen LogP contribution in [0.1, 0.15) is 43.4 Å². The van der Waals surface area contributed by atoms with Crippen LogP contribution in [0.15, 0.2) is 77.8 Å². The van der Waals surface area contributed by atoms with E-state index in [9.17, 15) is 24.3 Å². The predicted octanol–water partition coefficient (Wildman–Crippen LogP) is 5.40. The lowest BCUT2D eigenvalue weighted by atomic mass is 9.98. The van der Waals surface area contributed by atoms with Crippen LogP contribution < -0.4 is 10.2 Å². The van der Waals surface area contributed by atoms with E-state index in [1.807, 2.05) is 48.5 Å². The lowest BCUT2D eigenvalue weighted by molar-refractivity contribution is -0.143. The first-order chi connectivity index (χ1) is 22.0. The van der Waals surface area contributed by atoms with Crippen LogP contribution in [-0.4, -0.2) is 78.7 Å². The Bertz CT molecular complexity index is 1620. The number of alkyl carbamates (subject to hydrolysis) is 1. The largest absolute Gasteiger partial charge is 0.467 e. The SMILES string of the molecule is COC(=O)[C@H](Cc1ccc(N(C(=O)OC(C)(C)C)C2=NCCN2C(=O)O)cc1)NC(=O)OCC1c2ccccc2-c2ccccc21. The van der Waals surface area contributed by atoms with Crippen LogP contribution in [0.2, 0.25) is 0 Å². The Kier molecular flexibility index (Phi) is 9.26. The fraction of sp³-hybridized carbons (Fsp3) is 0.324. The standard InChI is InChI=1S/C34H36N4O8/c1-34(2,3)46-33(43)38(30-35-17-18-37(30)32(41)42)22-15-13-21(14-16-22)19-28(29(39)44-4)36-31(40)45-20-27-25-11-7-5-9-23(25)24-10-6-8-12-26(24)27/h5-16,27-28H,17-20H2,1-4H3,(H,36,40)(H,41,42)/t28-/m0/s1. The number of nitrogens with zero attached hydrogens (tertiary/aromatic N) is 3. The summed E-state index contributed by atoms with van der Waals surface area (Å²) in [7, 11) is 1.23. The van der Waals surface area contributed by atoms with Gasteiger partial charge in [0.1, 0.15) is 18.2 Å². The van der Waals surface area contributed by atoms with E-state index in [1.54, 1.807) is 45.0 Å². The van der Waals surface area contributed by atoms with E-state index < -0.39 is 35.9 Å². The van der Waals surface area contributed by atoms with Gasteiger partial charge in [0, 0.05) is 12.3 Å². The third-order valence-electron chi connectivity index (χ3n) is 7.58. The summed E-state index contributed by atoms with van der Waals surface area (Å²) in [4.78, 5) is 57.0. The Labute approximate surface area is 266 Å². The van der Waals surface area contributed by atoms with Gasteiger partial charge in [0.25, 0.3) is 0 Å². The molecule has 12 heteroatoms. The molecule has 0 aromatic heterocycles. The average Bonchev–Trinajstić information content (AvgIpc) is 3.63. The van der Waals surface area contributed by atoms with Gasteiger partial charge < -0.3 is 24.6 Å². The van der Waals surface area contributed by atoms with Crippen molar-refractivity contribution < 1.29 is 38.5 Å². The number of carboxylic acid groups (broad SMARTS) is 1. The number of hydrogen-bond acceptors (Lipinski definition) is 8. The minimum absolute atomic E-state index is 0.0613. The smallest absolute Gasteiger partial charge is 0.421 e. The Hall–Kier alpha value is -5.39. The number of nitrogens with one attached hydrogen (secondary N) is 1. The number of hydrogen-bond donors (Lipinski definition) is 2. The van der Waals surface area contributed by atoms with Gasteiger partial charge in [-0.1, -0.05) is 60.7 Å². The van der Waals surface area contributed by atoms with Crippen LogP contribution in [0, 0.1) is 0 Å². The van der Waals surface area contributed by atoms with Crippen molar-refractivity contribution in [1.29, 1.82) is 0 Å². The maximum absolute atomic E-state index is 13.2. The first-order valence-electron chi connectivity index (χ1n) is 14.8. The maximum Gasteiger partial charge on any atom is 0.421 e. The van der Waals surface area contributed by atoms with E-state index in [1.165, 1.54) is 7.11 Å². The highest BCUT2D eigenvalue weighted by Crippen LogP contribution is 2.44. The monoisotopic (exact) mass is 628 g/mol. The summed E-state index contributed by atoms with van der Waals surface area (Å²) in [5.74, 6) is -0.874. The van der Waals surface area contributed by atoms with Gasteiger partial charge in [0.2, 0.25) is 5.96 Å². The average molecular weight is 629 g/mol. The number of ether oxygens (including phenoxy) is 3. The van der Waals surface area contributed by atoms with Crippen molar-refractivity contribution in [3.8, 4) is 11.1 Å². The Balaban J connectivity index is 1.28. The molecular formula is C34H36N4O8. The minimum atomic E-state index is -1.25. The molecule has 3 amide bonds. The number of amides is 3. The van der Waals surface area contributed by atoms with E-state index in [0.717, 1.165) is 32.1 Å². The first-order valence-corrected chi connectivity index (χ1v) is 14.8. The topological polar surface area (TPSA) is 147 Å². The fourth-order valence-electron chi connectivity index (χ4n) is 5.55. The Morgan fingerprint density at radius 2 is 1.59 bits per heavy atom. The molecule has 1 heterocycles. The molecule has 46 heavy (non-hydrogen) atoms. The van der Waals surface area contributed by atoms with Gasteiger partial charge in [-0.05, 0) is 60.7 Å². The minimum Gasteiger partial charge on any atom is -0.467 e. The molecule has 0 saturated heterocycles. The second-order valence-electron chi connectivity index (χ2n) is 11.8. The summed E-state index contributed by atoms with van der Waals surface area (Å²) >= 11 is 0. The van der Waals surface area contributed by atoms with Crippen molar-refractivity contribution in [3.63, 3.8) is 0 Å². The highest BCUT2D eigenvalue weighted by molar-refractivity contribution is 6.17. The van der Waals surface area contributed by atoms with Gasteiger partial charge in [0.05, 0.1) is 25.9 Å². The summed E-state index contributed by atoms with van der Waals surface area (Å²) < 4.78 is 16.1. The number of methoxy groups -OCH3 is 1. The molecule has 0 bridgehead atoms. The third-order valence-corrected chi connectivity index (χ3v) is 7.58. The van der Waals surface area contributed by atoms with E-state index in [-0.39, 0.29) is 38.0 Å². The molecule has 2 N–H and O–H groups in total. The number of anilines is 1. The zero-order chi connectivity index (χ0) is 33.0. The van der Waals surface area contributed by atoms with Crippen LogP contribution >= 0.6 is 0 Å². The van der Waals surface area contributed by atoms with Crippen LogP contribution in [0.25, 0.3) is 11.1 Å². The van der Waals surface area contributed by atoms with Gasteiger partial charge in [-0.15, -0.1) is 0 Å². The Morgan fingerprint density at radius 1 is 0.978 bits per heavy atom.